The van der Waals surface area contributed by atoms with Crippen LogP contribution >= 0.6 is 0 Å². The van der Waals surface area contributed by atoms with Crippen LogP contribution in [0.5, 0.6) is 0 Å². The van der Waals surface area contributed by atoms with E-state index in [0.717, 1.165) is 5.39 Å². The molecule has 1 atom stereocenters. The average molecular weight is 243 g/mol. The van der Waals surface area contributed by atoms with Crippen molar-refractivity contribution in [3.63, 3.8) is 0 Å². The van der Waals surface area contributed by atoms with Gasteiger partial charge in [0.25, 0.3) is 0 Å². The maximum atomic E-state index is 12.4. The van der Waals surface area contributed by atoms with Gasteiger partial charge < -0.3 is 10.3 Å². The zero-order chi connectivity index (χ0) is 12.6. The molecule has 2 heterocycles. The van der Waals surface area contributed by atoms with Crippen LogP contribution in [0.25, 0.3) is 11.0 Å². The van der Waals surface area contributed by atoms with E-state index in [1.807, 2.05) is 0 Å². The zero-order valence-electron chi connectivity index (χ0n) is 9.20. The molecular weight excluding hydrogens is 231 g/mol. The third-order valence-electron chi connectivity index (χ3n) is 2.68. The van der Waals surface area contributed by atoms with Crippen molar-refractivity contribution in [2.45, 2.75) is 18.6 Å². The third-order valence-corrected chi connectivity index (χ3v) is 2.68. The summed E-state index contributed by atoms with van der Waals surface area (Å²) in [5.41, 5.74) is 6.36. The molecule has 17 heavy (non-hydrogen) atoms. The van der Waals surface area contributed by atoms with Crippen molar-refractivity contribution in [1.82, 2.24) is 9.55 Å². The van der Waals surface area contributed by atoms with E-state index in [2.05, 4.69) is 4.98 Å². The smallest absolute Gasteiger partial charge is 0.335 e. The number of aromatic nitrogens is 2. The summed E-state index contributed by atoms with van der Waals surface area (Å²) in [5, 5.41) is 0.717. The highest BCUT2D eigenvalue weighted by Crippen LogP contribution is 2.25. The molecule has 0 saturated heterocycles. The molecule has 2 aromatic heterocycles. The summed E-state index contributed by atoms with van der Waals surface area (Å²) in [6.07, 6.45) is -1.35. The largest absolute Gasteiger partial charge is 0.403 e. The van der Waals surface area contributed by atoms with Crippen LogP contribution in [0.3, 0.4) is 0 Å². The molecule has 0 bridgehead atoms. The summed E-state index contributed by atoms with van der Waals surface area (Å²) in [6.45, 7) is 0. The molecule has 0 fully saturated rings. The van der Waals surface area contributed by atoms with Crippen molar-refractivity contribution in [1.29, 1.82) is 0 Å². The van der Waals surface area contributed by atoms with Gasteiger partial charge in [-0.15, -0.1) is 0 Å². The van der Waals surface area contributed by atoms with E-state index >= 15 is 0 Å². The van der Waals surface area contributed by atoms with Gasteiger partial charge in [-0.2, -0.15) is 13.2 Å². The molecule has 6 heteroatoms. The fourth-order valence-electron chi connectivity index (χ4n) is 1.81. The lowest BCUT2D eigenvalue weighted by atomic mass is 10.1. The fourth-order valence-corrected chi connectivity index (χ4v) is 1.81. The van der Waals surface area contributed by atoms with Crippen molar-refractivity contribution >= 4 is 11.0 Å². The summed E-state index contributed by atoms with van der Waals surface area (Å²) in [6, 6.07) is 1.61. The zero-order valence-corrected chi connectivity index (χ0v) is 9.20. The Kier molecular flexibility index (Phi) is 2.82. The average Bonchev–Trinajstić information content (AvgIpc) is 2.56. The molecule has 0 aliphatic rings. The second-order valence-corrected chi connectivity index (χ2v) is 3.99. The minimum Gasteiger partial charge on any atom is -0.335 e. The first kappa shape index (κ1) is 11.9. The predicted molar refractivity (Wildman–Crippen MR) is 58.4 cm³/mol. The molecule has 2 rings (SSSR count). The molecule has 92 valence electrons. The highest BCUT2D eigenvalue weighted by atomic mass is 19.4. The second-order valence-electron chi connectivity index (χ2n) is 3.99. The highest BCUT2D eigenvalue weighted by molar-refractivity contribution is 5.80. The summed E-state index contributed by atoms with van der Waals surface area (Å²) in [5.74, 6) is 0. The Morgan fingerprint density at radius 2 is 2.18 bits per heavy atom. The Labute approximate surface area is 96.0 Å². The Balaban J connectivity index is 2.37. The number of nitrogens with zero attached hydrogens (tertiary/aromatic N) is 2. The predicted octanol–water partition coefficient (Wildman–Crippen LogP) is 2.01. The first-order chi connectivity index (χ1) is 7.89. The first-order valence-corrected chi connectivity index (χ1v) is 5.11. The maximum absolute atomic E-state index is 12.4. The lowest BCUT2D eigenvalue weighted by Crippen LogP contribution is -2.39. The Morgan fingerprint density at radius 1 is 1.47 bits per heavy atom. The van der Waals surface area contributed by atoms with E-state index in [-0.39, 0.29) is 6.42 Å². The summed E-state index contributed by atoms with van der Waals surface area (Å²) >= 11 is 0. The van der Waals surface area contributed by atoms with Crippen LogP contribution < -0.4 is 5.73 Å². The normalized spacial score (nSPS) is 14.2. The quantitative estimate of drug-likeness (QED) is 0.876. The standard InChI is InChI=1S/C11H12F3N3/c1-17-6-7(5-9(15)11(12,13)14)8-3-2-4-16-10(8)17/h2-4,6,9H,5,15H2,1H3. The van der Waals surface area contributed by atoms with E-state index < -0.39 is 12.2 Å². The molecule has 0 aliphatic carbocycles. The van der Waals surface area contributed by atoms with Gasteiger partial charge in [0.15, 0.2) is 0 Å². The Morgan fingerprint density at radius 3 is 2.82 bits per heavy atom. The molecule has 2 N–H and O–H groups in total. The van der Waals surface area contributed by atoms with E-state index in [0.29, 0.717) is 11.2 Å². The number of rotatable bonds is 2. The number of pyridine rings is 1. The van der Waals surface area contributed by atoms with Gasteiger partial charge in [0.2, 0.25) is 0 Å². The van der Waals surface area contributed by atoms with Crippen molar-refractivity contribution in [2.24, 2.45) is 12.8 Å². The van der Waals surface area contributed by atoms with Gasteiger partial charge in [-0.1, -0.05) is 0 Å². The van der Waals surface area contributed by atoms with E-state index in [1.165, 1.54) is 0 Å². The molecule has 0 saturated carbocycles. The van der Waals surface area contributed by atoms with Crippen LogP contribution in [0.2, 0.25) is 0 Å². The molecule has 0 aliphatic heterocycles. The number of hydrogen-bond acceptors (Lipinski definition) is 2. The minimum absolute atomic E-state index is 0.230. The van der Waals surface area contributed by atoms with Gasteiger partial charge in [0.1, 0.15) is 11.7 Å². The molecule has 0 aromatic carbocycles. The molecular formula is C11H12F3N3. The molecule has 0 radical (unpaired) electrons. The topological polar surface area (TPSA) is 43.8 Å². The monoisotopic (exact) mass is 243 g/mol. The molecule has 3 nitrogen and oxygen atoms in total. The van der Waals surface area contributed by atoms with Crippen LogP contribution in [-0.4, -0.2) is 21.8 Å². The van der Waals surface area contributed by atoms with Crippen LogP contribution in [0.1, 0.15) is 5.56 Å². The van der Waals surface area contributed by atoms with Crippen LogP contribution in [0.15, 0.2) is 24.5 Å². The minimum atomic E-state index is -4.37. The number of aryl methyl sites for hydroxylation is 1. The number of halogens is 3. The van der Waals surface area contributed by atoms with E-state index in [9.17, 15) is 13.2 Å². The van der Waals surface area contributed by atoms with Crippen LogP contribution in [0.4, 0.5) is 13.2 Å². The van der Waals surface area contributed by atoms with Crippen molar-refractivity contribution in [3.05, 3.63) is 30.1 Å². The lowest BCUT2D eigenvalue weighted by molar-refractivity contribution is -0.147. The number of nitrogens with two attached hydrogens (primary N) is 1. The van der Waals surface area contributed by atoms with Crippen molar-refractivity contribution in [2.75, 3.05) is 0 Å². The first-order valence-electron chi connectivity index (χ1n) is 5.11. The molecule has 2 aromatic rings. The van der Waals surface area contributed by atoms with Gasteiger partial charge in [-0.3, -0.25) is 0 Å². The lowest BCUT2D eigenvalue weighted by Gasteiger charge is -2.14. The van der Waals surface area contributed by atoms with Gasteiger partial charge in [-0.05, 0) is 24.1 Å². The summed E-state index contributed by atoms with van der Waals surface area (Å²) in [4.78, 5) is 4.11. The van der Waals surface area contributed by atoms with Crippen molar-refractivity contribution < 1.29 is 13.2 Å². The van der Waals surface area contributed by atoms with Gasteiger partial charge in [-0.25, -0.2) is 4.98 Å². The SMILES string of the molecule is Cn1cc(CC(N)C(F)(F)F)c2cccnc21. The molecule has 0 spiro atoms. The third kappa shape index (κ3) is 2.26. The van der Waals surface area contributed by atoms with Crippen LogP contribution in [-0.2, 0) is 13.5 Å². The highest BCUT2D eigenvalue weighted by Gasteiger charge is 2.37. The maximum Gasteiger partial charge on any atom is 0.403 e. The number of fused-ring (bicyclic) bond motifs is 1. The van der Waals surface area contributed by atoms with Gasteiger partial charge in [0, 0.05) is 24.8 Å². The Bertz CT molecular complexity index is 530. The Hall–Kier alpha value is -1.56. The van der Waals surface area contributed by atoms with E-state index in [1.54, 1.807) is 36.1 Å². The fraction of sp³-hybridized carbons (Fsp3) is 0.364. The number of alkyl halides is 3. The second kappa shape index (κ2) is 4.03. The summed E-state index contributed by atoms with van der Waals surface area (Å²) < 4.78 is 38.9. The number of hydrogen-bond donors (Lipinski definition) is 1. The van der Waals surface area contributed by atoms with E-state index in [4.69, 9.17) is 5.73 Å². The molecule has 1 unspecified atom stereocenters. The van der Waals surface area contributed by atoms with Gasteiger partial charge >= 0.3 is 6.18 Å². The summed E-state index contributed by atoms with van der Waals surface area (Å²) in [7, 11) is 1.75. The molecule has 0 amide bonds. The van der Waals surface area contributed by atoms with Gasteiger partial charge in [0.05, 0.1) is 0 Å². The van der Waals surface area contributed by atoms with Crippen LogP contribution in [0, 0.1) is 0 Å². The van der Waals surface area contributed by atoms with Crippen molar-refractivity contribution in [3.8, 4) is 0 Å².